The fourth-order valence-corrected chi connectivity index (χ4v) is 3.69. The average Bonchev–Trinajstić information content (AvgIpc) is 2.54. The van der Waals surface area contributed by atoms with Crippen LogP contribution < -0.4 is 5.32 Å². The summed E-state index contributed by atoms with van der Waals surface area (Å²) in [4.78, 5) is 0. The number of hydrogen-bond donors (Lipinski definition) is 1. The van der Waals surface area contributed by atoms with Crippen molar-refractivity contribution in [3.05, 3.63) is 16.4 Å². The maximum absolute atomic E-state index is 4.38. The number of hydrogen-bond acceptors (Lipinski definition) is 2. The van der Waals surface area contributed by atoms with Gasteiger partial charge >= 0.3 is 0 Å². The number of aromatic nitrogens is 2. The third-order valence-corrected chi connectivity index (χ3v) is 4.57. The van der Waals surface area contributed by atoms with Gasteiger partial charge in [-0.2, -0.15) is 5.10 Å². The van der Waals surface area contributed by atoms with Gasteiger partial charge < -0.3 is 5.32 Å². The third kappa shape index (κ3) is 2.29. The smallest absolute Gasteiger partial charge is 0.0726 e. The highest BCUT2D eigenvalue weighted by Gasteiger charge is 2.39. The Hall–Kier alpha value is -0.350. The largest absolute Gasteiger partial charge is 0.306 e. The molecule has 1 atom stereocenters. The number of nitrogens with one attached hydrogen (secondary N) is 1. The first kappa shape index (κ1) is 13.1. The van der Waals surface area contributed by atoms with Gasteiger partial charge in [-0.3, -0.25) is 4.68 Å². The molecule has 3 nitrogen and oxygen atoms in total. The van der Waals surface area contributed by atoms with Crippen LogP contribution in [-0.2, 0) is 12.6 Å². The Morgan fingerprint density at radius 3 is 2.76 bits per heavy atom. The normalized spacial score (nSPS) is 26.2. The van der Waals surface area contributed by atoms with E-state index < -0.39 is 0 Å². The zero-order valence-corrected chi connectivity index (χ0v) is 12.5. The standard InChI is InChI=1S/C13H22BrN3/c1-10(2)13(7-5-4-6-8-15-13)12-11(14)9-16-17(12)3/h9-10,15H,4-8H2,1-3H3. The molecule has 2 rings (SSSR count). The van der Waals surface area contributed by atoms with Crippen LogP contribution in [-0.4, -0.2) is 16.3 Å². The minimum absolute atomic E-state index is 0.0700. The van der Waals surface area contributed by atoms with E-state index in [0.29, 0.717) is 5.92 Å². The van der Waals surface area contributed by atoms with E-state index >= 15 is 0 Å². The van der Waals surface area contributed by atoms with Crippen LogP contribution in [0.4, 0.5) is 0 Å². The van der Waals surface area contributed by atoms with Crippen LogP contribution in [0.2, 0.25) is 0 Å². The predicted octanol–water partition coefficient (Wildman–Crippen LogP) is 3.20. The van der Waals surface area contributed by atoms with Gasteiger partial charge in [0.05, 0.1) is 21.9 Å². The lowest BCUT2D eigenvalue weighted by Gasteiger charge is -2.38. The maximum atomic E-state index is 4.38. The van der Waals surface area contributed by atoms with Gasteiger partial charge in [0.2, 0.25) is 0 Å². The first-order valence-corrected chi connectivity index (χ1v) is 7.30. The van der Waals surface area contributed by atoms with Crippen LogP contribution in [0.15, 0.2) is 10.7 Å². The fourth-order valence-electron chi connectivity index (χ4n) is 2.99. The second-order valence-electron chi connectivity index (χ2n) is 5.33. The Balaban J connectivity index is 2.46. The SMILES string of the molecule is CC(C)C1(c2c(Br)cnn2C)CCCCCN1. The molecule has 1 aliphatic rings. The molecule has 0 aliphatic carbocycles. The Bertz CT molecular complexity index is 357. The van der Waals surface area contributed by atoms with E-state index in [1.165, 1.54) is 31.4 Å². The van der Waals surface area contributed by atoms with E-state index in [2.05, 4.69) is 40.2 Å². The number of rotatable bonds is 2. The van der Waals surface area contributed by atoms with E-state index in [0.717, 1.165) is 11.0 Å². The van der Waals surface area contributed by atoms with E-state index in [1.54, 1.807) is 0 Å². The summed E-state index contributed by atoms with van der Waals surface area (Å²) in [5.74, 6) is 0.562. The second kappa shape index (κ2) is 5.11. The molecule has 1 aliphatic heterocycles. The Kier molecular flexibility index (Phi) is 3.93. The van der Waals surface area contributed by atoms with Gasteiger partial charge in [0.1, 0.15) is 0 Å². The molecule has 2 heterocycles. The van der Waals surface area contributed by atoms with Crippen molar-refractivity contribution in [2.45, 2.75) is 45.1 Å². The second-order valence-corrected chi connectivity index (χ2v) is 6.18. The molecule has 0 spiro atoms. The summed E-state index contributed by atoms with van der Waals surface area (Å²) in [7, 11) is 2.04. The molecular weight excluding hydrogens is 278 g/mol. The molecule has 0 saturated carbocycles. The quantitative estimate of drug-likeness (QED) is 0.909. The van der Waals surface area contributed by atoms with Gasteiger partial charge in [-0.15, -0.1) is 0 Å². The summed E-state index contributed by atoms with van der Waals surface area (Å²) >= 11 is 3.66. The van der Waals surface area contributed by atoms with Crippen LogP contribution in [0.3, 0.4) is 0 Å². The minimum atomic E-state index is 0.0700. The van der Waals surface area contributed by atoms with Crippen molar-refractivity contribution in [1.82, 2.24) is 15.1 Å². The zero-order chi connectivity index (χ0) is 12.5. The lowest BCUT2D eigenvalue weighted by molar-refractivity contribution is 0.215. The van der Waals surface area contributed by atoms with Crippen molar-refractivity contribution in [1.29, 1.82) is 0 Å². The number of nitrogens with zero attached hydrogens (tertiary/aromatic N) is 2. The molecule has 0 amide bonds. The third-order valence-electron chi connectivity index (χ3n) is 3.99. The van der Waals surface area contributed by atoms with Crippen molar-refractivity contribution in [2.75, 3.05) is 6.54 Å². The molecular formula is C13H22BrN3. The highest BCUT2D eigenvalue weighted by Crippen LogP contribution is 2.39. The van der Waals surface area contributed by atoms with Crippen LogP contribution in [0.5, 0.6) is 0 Å². The van der Waals surface area contributed by atoms with Crippen molar-refractivity contribution in [3.63, 3.8) is 0 Å². The molecule has 1 saturated heterocycles. The first-order valence-electron chi connectivity index (χ1n) is 6.51. The molecule has 1 aromatic rings. The maximum Gasteiger partial charge on any atom is 0.0726 e. The van der Waals surface area contributed by atoms with Gasteiger partial charge in [-0.05, 0) is 41.2 Å². The van der Waals surface area contributed by atoms with Crippen molar-refractivity contribution in [3.8, 4) is 0 Å². The van der Waals surface area contributed by atoms with Crippen LogP contribution in [0.1, 0.15) is 45.2 Å². The van der Waals surface area contributed by atoms with Crippen LogP contribution in [0.25, 0.3) is 0 Å². The lowest BCUT2D eigenvalue weighted by atomic mass is 9.79. The van der Waals surface area contributed by atoms with Crippen molar-refractivity contribution >= 4 is 15.9 Å². The zero-order valence-electron chi connectivity index (χ0n) is 11.0. The highest BCUT2D eigenvalue weighted by molar-refractivity contribution is 9.10. The summed E-state index contributed by atoms with van der Waals surface area (Å²) in [5, 5.41) is 8.17. The molecule has 96 valence electrons. The predicted molar refractivity (Wildman–Crippen MR) is 73.9 cm³/mol. The summed E-state index contributed by atoms with van der Waals surface area (Å²) in [5.41, 5.74) is 1.37. The van der Waals surface area contributed by atoms with Crippen LogP contribution >= 0.6 is 15.9 Å². The molecule has 1 unspecified atom stereocenters. The monoisotopic (exact) mass is 299 g/mol. The van der Waals surface area contributed by atoms with Gasteiger partial charge in [0.15, 0.2) is 0 Å². The fraction of sp³-hybridized carbons (Fsp3) is 0.769. The van der Waals surface area contributed by atoms with Gasteiger partial charge in [-0.25, -0.2) is 0 Å². The summed E-state index contributed by atoms with van der Waals surface area (Å²) in [6.45, 7) is 5.71. The summed E-state index contributed by atoms with van der Waals surface area (Å²) in [6.07, 6.45) is 7.01. The summed E-state index contributed by atoms with van der Waals surface area (Å²) in [6, 6.07) is 0. The first-order chi connectivity index (χ1) is 8.08. The molecule has 0 radical (unpaired) electrons. The Morgan fingerprint density at radius 1 is 1.41 bits per heavy atom. The molecule has 1 aromatic heterocycles. The summed E-state index contributed by atoms with van der Waals surface area (Å²) < 4.78 is 3.14. The van der Waals surface area contributed by atoms with E-state index in [9.17, 15) is 0 Å². The van der Waals surface area contributed by atoms with Gasteiger partial charge in [0.25, 0.3) is 0 Å². The van der Waals surface area contributed by atoms with Crippen molar-refractivity contribution in [2.24, 2.45) is 13.0 Å². The molecule has 0 bridgehead atoms. The lowest BCUT2D eigenvalue weighted by Crippen LogP contribution is -2.47. The number of halogens is 1. The Morgan fingerprint density at radius 2 is 2.18 bits per heavy atom. The highest BCUT2D eigenvalue weighted by atomic mass is 79.9. The van der Waals surface area contributed by atoms with Crippen molar-refractivity contribution < 1.29 is 0 Å². The van der Waals surface area contributed by atoms with Gasteiger partial charge in [-0.1, -0.05) is 26.7 Å². The minimum Gasteiger partial charge on any atom is -0.306 e. The molecule has 1 fully saturated rings. The molecule has 0 aromatic carbocycles. The van der Waals surface area contributed by atoms with Crippen LogP contribution in [0, 0.1) is 5.92 Å². The van der Waals surface area contributed by atoms with E-state index in [1.807, 2.05) is 17.9 Å². The molecule has 4 heteroatoms. The Labute approximate surface area is 112 Å². The van der Waals surface area contributed by atoms with Gasteiger partial charge in [0, 0.05) is 7.05 Å². The molecule has 17 heavy (non-hydrogen) atoms. The number of aryl methyl sites for hydroxylation is 1. The van der Waals surface area contributed by atoms with E-state index in [-0.39, 0.29) is 5.54 Å². The van der Waals surface area contributed by atoms with E-state index in [4.69, 9.17) is 0 Å². The molecule has 1 N–H and O–H groups in total. The topological polar surface area (TPSA) is 29.9 Å². The average molecular weight is 300 g/mol.